The molecule has 3 heterocycles. The topological polar surface area (TPSA) is 79.3 Å². The summed E-state index contributed by atoms with van der Waals surface area (Å²) in [5.41, 5.74) is 1.40. The minimum absolute atomic E-state index is 0.0349. The molecule has 2 aromatic rings. The highest BCUT2D eigenvalue weighted by Gasteiger charge is 2.73. The second-order valence-electron chi connectivity index (χ2n) is 10.1. The van der Waals surface area contributed by atoms with Gasteiger partial charge >= 0.3 is 0 Å². The zero-order valence-electron chi connectivity index (χ0n) is 18.7. The monoisotopic (exact) mass is 446 g/mol. The van der Waals surface area contributed by atoms with Gasteiger partial charge in [-0.3, -0.25) is 14.5 Å². The van der Waals surface area contributed by atoms with Crippen molar-refractivity contribution in [1.82, 2.24) is 9.80 Å². The molecule has 0 aromatic heterocycles. The number of hydrogen-bond donors (Lipinski definition) is 1. The largest absolute Gasteiger partial charge is 0.493 e. The van der Waals surface area contributed by atoms with E-state index in [1.54, 1.807) is 31.4 Å². The van der Waals surface area contributed by atoms with E-state index in [9.17, 15) is 14.7 Å². The Morgan fingerprint density at radius 1 is 1.09 bits per heavy atom. The predicted octanol–water partition coefficient (Wildman–Crippen LogP) is 2.14. The summed E-state index contributed by atoms with van der Waals surface area (Å²) in [7, 11) is 3.70. The first-order valence-electron chi connectivity index (χ1n) is 11.7. The van der Waals surface area contributed by atoms with Crippen molar-refractivity contribution in [3.63, 3.8) is 0 Å². The fourth-order valence-corrected chi connectivity index (χ4v) is 7.65. The Bertz CT molecular complexity index is 1210. The average molecular weight is 447 g/mol. The molecular weight excluding hydrogens is 420 g/mol. The maximum Gasteiger partial charge on any atom is 0.261 e. The minimum atomic E-state index is -0.996. The fourth-order valence-electron chi connectivity index (χ4n) is 7.65. The molecule has 1 saturated carbocycles. The second kappa shape index (κ2) is 6.15. The summed E-state index contributed by atoms with van der Waals surface area (Å²) < 4.78 is 12.3. The van der Waals surface area contributed by atoms with Gasteiger partial charge in [-0.1, -0.05) is 18.2 Å². The maximum absolute atomic E-state index is 13.4. The number of ether oxygens (including phenoxy) is 2. The van der Waals surface area contributed by atoms with E-state index in [0.717, 1.165) is 24.1 Å². The zero-order valence-corrected chi connectivity index (χ0v) is 18.7. The summed E-state index contributed by atoms with van der Waals surface area (Å²) >= 11 is 0. The molecule has 5 atom stereocenters. The van der Waals surface area contributed by atoms with Gasteiger partial charge in [0.2, 0.25) is 0 Å². The molecule has 3 aliphatic heterocycles. The fraction of sp³-hybridized carbons (Fsp3) is 0.462. The Morgan fingerprint density at radius 2 is 1.82 bits per heavy atom. The number of aliphatic hydroxyl groups is 1. The van der Waals surface area contributed by atoms with Crippen molar-refractivity contribution >= 4 is 11.8 Å². The molecule has 2 aliphatic carbocycles. The molecular formula is C26H26N2O5. The van der Waals surface area contributed by atoms with Crippen LogP contribution in [0.1, 0.15) is 51.1 Å². The molecule has 33 heavy (non-hydrogen) atoms. The Hall–Kier alpha value is -2.90. The number of likely N-dealkylation sites (tertiary alicyclic amines) is 1. The Labute approximate surface area is 191 Å². The van der Waals surface area contributed by atoms with Gasteiger partial charge in [0.1, 0.15) is 6.10 Å². The molecule has 2 bridgehead atoms. The van der Waals surface area contributed by atoms with Crippen LogP contribution in [0.4, 0.5) is 0 Å². The molecule has 0 unspecified atom stereocenters. The summed E-state index contributed by atoms with van der Waals surface area (Å²) in [4.78, 5) is 30.5. The molecule has 2 aromatic carbocycles. The number of hydrogen-bond acceptors (Lipinski definition) is 6. The first-order valence-corrected chi connectivity index (χ1v) is 11.7. The van der Waals surface area contributed by atoms with Gasteiger partial charge in [0, 0.05) is 11.6 Å². The van der Waals surface area contributed by atoms with Gasteiger partial charge in [-0.15, -0.1) is 0 Å². The smallest absolute Gasteiger partial charge is 0.261 e. The molecule has 7 nitrogen and oxygen atoms in total. The van der Waals surface area contributed by atoms with Gasteiger partial charge in [-0.25, -0.2) is 0 Å². The predicted molar refractivity (Wildman–Crippen MR) is 119 cm³/mol. The Morgan fingerprint density at radius 3 is 2.52 bits per heavy atom. The van der Waals surface area contributed by atoms with E-state index >= 15 is 0 Å². The van der Waals surface area contributed by atoms with Crippen LogP contribution in [0.5, 0.6) is 11.5 Å². The lowest BCUT2D eigenvalue weighted by Crippen LogP contribution is -2.78. The summed E-state index contributed by atoms with van der Waals surface area (Å²) in [6.07, 6.45) is 1.95. The highest BCUT2D eigenvalue weighted by atomic mass is 16.5. The number of fused-ring (bicyclic) bond motifs is 1. The average Bonchev–Trinajstić information content (AvgIpc) is 3.29. The van der Waals surface area contributed by atoms with Gasteiger partial charge in [-0.05, 0) is 63.0 Å². The van der Waals surface area contributed by atoms with Crippen LogP contribution in [0.3, 0.4) is 0 Å². The third-order valence-corrected chi connectivity index (χ3v) is 9.06. The quantitative estimate of drug-likeness (QED) is 0.713. The molecule has 7 heteroatoms. The standard InChI is InChI=1S/C26H26N2O5/c1-27-12-11-25-20-14-7-8-18(32-2)21(20)33-22(25)17(9-10-26(25,31)19(27)13-14)28-23(29)15-5-3-4-6-16(15)24(28)30/h3-8,17,19,22,31H,9-13H2,1-2H3/t17-,19-,22+,25+,26-/m1/s1. The van der Waals surface area contributed by atoms with E-state index in [-0.39, 0.29) is 17.9 Å². The van der Waals surface area contributed by atoms with Gasteiger partial charge in [0.15, 0.2) is 11.5 Å². The van der Waals surface area contributed by atoms with Crippen molar-refractivity contribution in [3.05, 3.63) is 58.7 Å². The molecule has 2 fully saturated rings. The highest BCUT2D eigenvalue weighted by Crippen LogP contribution is 2.66. The lowest BCUT2D eigenvalue weighted by molar-refractivity contribution is -0.191. The van der Waals surface area contributed by atoms with Gasteiger partial charge in [-0.2, -0.15) is 0 Å². The number of amides is 2. The number of carbonyl (C=O) groups is 2. The van der Waals surface area contributed by atoms with Gasteiger partial charge < -0.3 is 19.5 Å². The van der Waals surface area contributed by atoms with E-state index < -0.39 is 23.2 Å². The first-order chi connectivity index (χ1) is 15.9. The van der Waals surface area contributed by atoms with Crippen molar-refractivity contribution in [1.29, 1.82) is 0 Å². The molecule has 5 aliphatic rings. The highest BCUT2D eigenvalue weighted by molar-refractivity contribution is 6.21. The van der Waals surface area contributed by atoms with Crippen LogP contribution in [0.15, 0.2) is 36.4 Å². The second-order valence-corrected chi connectivity index (χ2v) is 10.1. The van der Waals surface area contributed by atoms with Crippen LogP contribution >= 0.6 is 0 Å². The summed E-state index contributed by atoms with van der Waals surface area (Å²) in [6, 6.07) is 10.5. The summed E-state index contributed by atoms with van der Waals surface area (Å²) in [6.45, 7) is 0.817. The van der Waals surface area contributed by atoms with E-state index in [2.05, 4.69) is 18.0 Å². The molecule has 1 spiro atoms. The van der Waals surface area contributed by atoms with Crippen LogP contribution in [0.25, 0.3) is 0 Å². The van der Waals surface area contributed by atoms with Crippen LogP contribution in [-0.2, 0) is 11.8 Å². The van der Waals surface area contributed by atoms with Gasteiger partial charge in [0.05, 0.1) is 35.3 Å². The summed E-state index contributed by atoms with van der Waals surface area (Å²) in [5.74, 6) is 0.771. The molecule has 7 rings (SSSR count). The minimum Gasteiger partial charge on any atom is -0.493 e. The number of rotatable bonds is 2. The van der Waals surface area contributed by atoms with Gasteiger partial charge in [0.25, 0.3) is 11.8 Å². The Kier molecular flexibility index (Phi) is 3.65. The number of carbonyl (C=O) groups excluding carboxylic acids is 2. The van der Waals surface area contributed by atoms with Crippen LogP contribution in [0.2, 0.25) is 0 Å². The SMILES string of the molecule is COc1ccc2c3c1O[C@H]1[C@H](N4C(=O)c5ccccc5C4=O)CC[C@@]4(O)[C@@H](C2)N(C)CC[C@]314. The van der Waals surface area contributed by atoms with E-state index in [4.69, 9.17) is 9.47 Å². The van der Waals surface area contributed by atoms with Crippen LogP contribution in [0, 0.1) is 0 Å². The number of imide groups is 1. The number of likely N-dealkylation sites (N-methyl/N-ethyl adjacent to an activating group) is 1. The van der Waals surface area contributed by atoms with Crippen LogP contribution < -0.4 is 9.47 Å². The van der Waals surface area contributed by atoms with Crippen LogP contribution in [-0.4, -0.2) is 71.2 Å². The van der Waals surface area contributed by atoms with Crippen molar-refractivity contribution in [2.75, 3.05) is 20.7 Å². The summed E-state index contributed by atoms with van der Waals surface area (Å²) in [5, 5.41) is 12.4. The third-order valence-electron chi connectivity index (χ3n) is 9.06. The number of methoxy groups -OCH3 is 1. The number of nitrogens with zero attached hydrogens (tertiary/aromatic N) is 2. The molecule has 0 radical (unpaired) electrons. The lowest BCUT2D eigenvalue weighted by Gasteiger charge is -2.64. The maximum atomic E-state index is 13.4. The Balaban J connectivity index is 1.42. The molecule has 1 N–H and O–H groups in total. The third kappa shape index (κ3) is 2.05. The van der Waals surface area contributed by atoms with Crippen molar-refractivity contribution in [2.45, 2.75) is 54.9 Å². The number of piperidine rings is 1. The normalized spacial score (nSPS) is 35.8. The first kappa shape index (κ1) is 19.6. The van der Waals surface area contributed by atoms with Crippen molar-refractivity contribution in [2.24, 2.45) is 0 Å². The van der Waals surface area contributed by atoms with E-state index in [0.29, 0.717) is 41.9 Å². The van der Waals surface area contributed by atoms with E-state index in [1.165, 1.54) is 4.90 Å². The van der Waals surface area contributed by atoms with E-state index in [1.807, 2.05) is 6.07 Å². The van der Waals surface area contributed by atoms with Crippen molar-refractivity contribution in [3.8, 4) is 11.5 Å². The molecule has 1 saturated heterocycles. The lowest BCUT2D eigenvalue weighted by atomic mass is 9.48. The van der Waals surface area contributed by atoms with Crippen molar-refractivity contribution < 1.29 is 24.2 Å². The molecule has 2 amide bonds. The number of benzene rings is 2. The zero-order chi connectivity index (χ0) is 22.7. The molecule has 170 valence electrons.